The van der Waals surface area contributed by atoms with E-state index in [1.54, 1.807) is 6.20 Å². The molecule has 2 aromatic rings. The molecule has 6 heteroatoms. The minimum atomic E-state index is 0.125. The van der Waals surface area contributed by atoms with Gasteiger partial charge in [0, 0.05) is 44.3 Å². The molecule has 136 valence electrons. The maximum absolute atomic E-state index is 12.4. The molecule has 6 nitrogen and oxygen atoms in total. The van der Waals surface area contributed by atoms with Gasteiger partial charge in [-0.15, -0.1) is 5.10 Å². The van der Waals surface area contributed by atoms with Crippen LogP contribution in [0, 0.1) is 0 Å². The Hall–Kier alpha value is -2.47. The summed E-state index contributed by atoms with van der Waals surface area (Å²) in [7, 11) is 0. The molecule has 2 fully saturated rings. The van der Waals surface area contributed by atoms with Crippen molar-refractivity contribution < 1.29 is 4.79 Å². The van der Waals surface area contributed by atoms with Crippen molar-refractivity contribution in [2.45, 2.75) is 18.3 Å². The van der Waals surface area contributed by atoms with Gasteiger partial charge in [-0.05, 0) is 30.5 Å². The van der Waals surface area contributed by atoms with Gasteiger partial charge in [-0.25, -0.2) is 0 Å². The van der Waals surface area contributed by atoms with Crippen LogP contribution in [0.2, 0.25) is 0 Å². The molecule has 26 heavy (non-hydrogen) atoms. The number of aromatic nitrogens is 2. The zero-order chi connectivity index (χ0) is 17.8. The summed E-state index contributed by atoms with van der Waals surface area (Å²) in [6.45, 7) is 4.70. The fraction of sp³-hybridized carbons (Fsp3) is 0.450. The first-order valence-electron chi connectivity index (χ1n) is 9.32. The molecule has 1 aromatic carbocycles. The first-order chi connectivity index (χ1) is 12.8. The van der Waals surface area contributed by atoms with Gasteiger partial charge >= 0.3 is 0 Å². The van der Waals surface area contributed by atoms with Gasteiger partial charge in [0.25, 0.3) is 0 Å². The van der Waals surface area contributed by atoms with Crippen LogP contribution in [0.4, 0.5) is 5.82 Å². The van der Waals surface area contributed by atoms with Crippen molar-refractivity contribution in [3.05, 3.63) is 54.2 Å². The van der Waals surface area contributed by atoms with Gasteiger partial charge in [0.1, 0.15) is 0 Å². The summed E-state index contributed by atoms with van der Waals surface area (Å²) in [5.74, 6) is 1.04. The average Bonchev–Trinajstić information content (AvgIpc) is 3.50. The van der Waals surface area contributed by atoms with Crippen molar-refractivity contribution in [1.82, 2.24) is 20.4 Å². The minimum absolute atomic E-state index is 0.125. The smallest absolute Gasteiger partial charge is 0.234 e. The first-order valence-corrected chi connectivity index (χ1v) is 9.32. The van der Waals surface area contributed by atoms with E-state index in [9.17, 15) is 4.79 Å². The molecule has 0 bridgehead atoms. The predicted molar refractivity (Wildman–Crippen MR) is 101 cm³/mol. The van der Waals surface area contributed by atoms with E-state index in [1.807, 2.05) is 18.2 Å². The molecular formula is C20H25N5O. The second kappa shape index (κ2) is 7.41. The zero-order valence-corrected chi connectivity index (χ0v) is 15.0. The SMILES string of the molecule is O=C(CN1CCN(c2cccnn2)CC1)NCC1(c2ccccc2)CC1. The molecule has 1 aromatic heterocycles. The normalized spacial score (nSPS) is 19.2. The minimum Gasteiger partial charge on any atom is -0.354 e. The summed E-state index contributed by atoms with van der Waals surface area (Å²) in [5.41, 5.74) is 1.51. The molecule has 1 aliphatic heterocycles. The summed E-state index contributed by atoms with van der Waals surface area (Å²) in [4.78, 5) is 16.8. The number of carbonyl (C=O) groups excluding carboxylic acids is 1. The van der Waals surface area contributed by atoms with E-state index in [-0.39, 0.29) is 11.3 Å². The van der Waals surface area contributed by atoms with Crippen molar-refractivity contribution in [3.8, 4) is 0 Å². The number of hydrogen-bond acceptors (Lipinski definition) is 5. The van der Waals surface area contributed by atoms with Crippen molar-refractivity contribution in [3.63, 3.8) is 0 Å². The van der Waals surface area contributed by atoms with Crippen LogP contribution in [-0.4, -0.2) is 60.3 Å². The maximum atomic E-state index is 12.4. The number of nitrogens with zero attached hydrogens (tertiary/aromatic N) is 4. The van der Waals surface area contributed by atoms with Crippen LogP contribution in [-0.2, 0) is 10.2 Å². The summed E-state index contributed by atoms with van der Waals surface area (Å²) >= 11 is 0. The van der Waals surface area contributed by atoms with E-state index < -0.39 is 0 Å². The van der Waals surface area contributed by atoms with E-state index in [0.29, 0.717) is 6.54 Å². The van der Waals surface area contributed by atoms with Gasteiger partial charge in [0.05, 0.1) is 6.54 Å². The molecule has 1 N–H and O–H groups in total. The standard InChI is InChI=1S/C20H25N5O/c26-19(21-16-20(8-9-20)17-5-2-1-3-6-17)15-24-11-13-25(14-12-24)18-7-4-10-22-23-18/h1-7,10H,8-9,11-16H2,(H,21,26). The Balaban J connectivity index is 1.23. The van der Waals surface area contributed by atoms with Crippen molar-refractivity contribution >= 4 is 11.7 Å². The maximum Gasteiger partial charge on any atom is 0.234 e. The highest BCUT2D eigenvalue weighted by Gasteiger charge is 2.44. The van der Waals surface area contributed by atoms with Gasteiger partial charge in [-0.2, -0.15) is 5.10 Å². The Morgan fingerprint density at radius 3 is 2.46 bits per heavy atom. The summed E-state index contributed by atoms with van der Waals surface area (Å²) < 4.78 is 0. The van der Waals surface area contributed by atoms with Gasteiger partial charge in [-0.1, -0.05) is 30.3 Å². The largest absolute Gasteiger partial charge is 0.354 e. The monoisotopic (exact) mass is 351 g/mol. The quantitative estimate of drug-likeness (QED) is 0.853. The molecule has 0 spiro atoms. The van der Waals surface area contributed by atoms with E-state index in [4.69, 9.17) is 0 Å². The molecule has 1 aliphatic carbocycles. The van der Waals surface area contributed by atoms with Crippen LogP contribution < -0.4 is 10.2 Å². The average molecular weight is 351 g/mol. The Kier molecular flexibility index (Phi) is 4.84. The third-order valence-corrected chi connectivity index (χ3v) is 5.49. The number of hydrogen-bond donors (Lipinski definition) is 1. The number of anilines is 1. The van der Waals surface area contributed by atoms with Crippen molar-refractivity contribution in [2.24, 2.45) is 0 Å². The molecule has 2 heterocycles. The Morgan fingerprint density at radius 2 is 1.81 bits per heavy atom. The van der Waals surface area contributed by atoms with E-state index in [1.165, 1.54) is 5.56 Å². The molecule has 0 radical (unpaired) electrons. The topological polar surface area (TPSA) is 61.4 Å². The second-order valence-electron chi connectivity index (χ2n) is 7.27. The molecule has 0 unspecified atom stereocenters. The lowest BCUT2D eigenvalue weighted by Gasteiger charge is -2.34. The Morgan fingerprint density at radius 1 is 1.04 bits per heavy atom. The van der Waals surface area contributed by atoms with Crippen LogP contribution >= 0.6 is 0 Å². The van der Waals surface area contributed by atoms with E-state index in [0.717, 1.165) is 51.4 Å². The summed E-state index contributed by atoms with van der Waals surface area (Å²) in [6, 6.07) is 14.4. The molecule has 2 aliphatic rings. The number of benzene rings is 1. The lowest BCUT2D eigenvalue weighted by atomic mass is 9.96. The lowest BCUT2D eigenvalue weighted by Crippen LogP contribution is -2.50. The van der Waals surface area contributed by atoms with Crippen LogP contribution in [0.15, 0.2) is 48.7 Å². The van der Waals surface area contributed by atoms with Gasteiger partial charge in [0.15, 0.2) is 5.82 Å². The lowest BCUT2D eigenvalue weighted by molar-refractivity contribution is -0.122. The number of amides is 1. The molecular weight excluding hydrogens is 326 g/mol. The molecule has 1 amide bonds. The van der Waals surface area contributed by atoms with Crippen LogP contribution in [0.25, 0.3) is 0 Å². The third kappa shape index (κ3) is 3.85. The third-order valence-electron chi connectivity index (χ3n) is 5.49. The van der Waals surface area contributed by atoms with Crippen molar-refractivity contribution in [2.75, 3.05) is 44.2 Å². The Bertz CT molecular complexity index is 724. The summed E-state index contributed by atoms with van der Waals surface area (Å²) in [5, 5.41) is 11.3. The molecule has 0 atom stereocenters. The highest BCUT2D eigenvalue weighted by molar-refractivity contribution is 5.78. The van der Waals surface area contributed by atoms with Gasteiger partial charge in [0.2, 0.25) is 5.91 Å². The fourth-order valence-electron chi connectivity index (χ4n) is 3.63. The molecule has 4 rings (SSSR count). The molecule has 1 saturated carbocycles. The first kappa shape index (κ1) is 17.0. The second-order valence-corrected chi connectivity index (χ2v) is 7.27. The van der Waals surface area contributed by atoms with Crippen LogP contribution in [0.5, 0.6) is 0 Å². The highest BCUT2D eigenvalue weighted by atomic mass is 16.2. The van der Waals surface area contributed by atoms with Crippen LogP contribution in [0.3, 0.4) is 0 Å². The van der Waals surface area contributed by atoms with E-state index >= 15 is 0 Å². The van der Waals surface area contributed by atoms with E-state index in [2.05, 4.69) is 49.6 Å². The number of carbonyl (C=O) groups is 1. The van der Waals surface area contributed by atoms with Crippen LogP contribution in [0.1, 0.15) is 18.4 Å². The zero-order valence-electron chi connectivity index (χ0n) is 15.0. The highest BCUT2D eigenvalue weighted by Crippen LogP contribution is 2.47. The number of piperazine rings is 1. The predicted octanol–water partition coefficient (Wildman–Crippen LogP) is 1.45. The fourth-order valence-corrected chi connectivity index (χ4v) is 3.63. The summed E-state index contributed by atoms with van der Waals surface area (Å²) in [6.07, 6.45) is 4.01. The van der Waals surface area contributed by atoms with Gasteiger partial charge < -0.3 is 10.2 Å². The van der Waals surface area contributed by atoms with Gasteiger partial charge in [-0.3, -0.25) is 9.69 Å². The molecule has 1 saturated heterocycles. The number of nitrogens with one attached hydrogen (secondary N) is 1. The van der Waals surface area contributed by atoms with Crippen molar-refractivity contribution in [1.29, 1.82) is 0 Å². The number of rotatable bonds is 6. The Labute approximate surface area is 154 Å².